The average molecular weight is 195 g/mol. The molecule has 0 atom stereocenters. The molecule has 0 N–H and O–H groups in total. The SMILES string of the molecule is COCc1ccc(COC(C)=O)nc1. The molecule has 0 aliphatic heterocycles. The van der Waals surface area contributed by atoms with Crippen molar-refractivity contribution in [3.8, 4) is 0 Å². The molecule has 0 saturated heterocycles. The van der Waals surface area contributed by atoms with E-state index in [9.17, 15) is 4.79 Å². The molecule has 0 aliphatic carbocycles. The van der Waals surface area contributed by atoms with Crippen LogP contribution < -0.4 is 0 Å². The summed E-state index contributed by atoms with van der Waals surface area (Å²) in [5.41, 5.74) is 1.74. The number of nitrogens with zero attached hydrogens (tertiary/aromatic N) is 1. The molecule has 0 bridgehead atoms. The van der Waals surface area contributed by atoms with E-state index in [1.165, 1.54) is 6.92 Å². The normalized spacial score (nSPS) is 9.86. The molecule has 1 heterocycles. The van der Waals surface area contributed by atoms with Crippen LogP contribution in [0.4, 0.5) is 0 Å². The van der Waals surface area contributed by atoms with Gasteiger partial charge in [0.15, 0.2) is 0 Å². The van der Waals surface area contributed by atoms with Crippen LogP contribution in [0, 0.1) is 0 Å². The molecule has 1 rings (SSSR count). The Bertz CT molecular complexity index is 295. The first-order valence-electron chi connectivity index (χ1n) is 4.28. The highest BCUT2D eigenvalue weighted by molar-refractivity contribution is 5.65. The Hall–Kier alpha value is -1.42. The van der Waals surface area contributed by atoms with Crippen LogP contribution in [0.25, 0.3) is 0 Å². The summed E-state index contributed by atoms with van der Waals surface area (Å²) < 4.78 is 9.74. The molecule has 14 heavy (non-hydrogen) atoms. The highest BCUT2D eigenvalue weighted by Gasteiger charge is 1.98. The van der Waals surface area contributed by atoms with Gasteiger partial charge in [-0.25, -0.2) is 0 Å². The molecule has 1 aromatic heterocycles. The van der Waals surface area contributed by atoms with Crippen LogP contribution in [0.15, 0.2) is 18.3 Å². The number of hydrogen-bond acceptors (Lipinski definition) is 4. The predicted molar refractivity (Wildman–Crippen MR) is 50.4 cm³/mol. The molecule has 0 amide bonds. The number of pyridine rings is 1. The molecule has 0 spiro atoms. The Labute approximate surface area is 82.9 Å². The minimum Gasteiger partial charge on any atom is -0.459 e. The third kappa shape index (κ3) is 3.53. The number of ether oxygens (including phenoxy) is 2. The second kappa shape index (κ2) is 5.34. The molecule has 0 fully saturated rings. The summed E-state index contributed by atoms with van der Waals surface area (Å²) in [6, 6.07) is 3.71. The molecular weight excluding hydrogens is 182 g/mol. The van der Waals surface area contributed by atoms with E-state index in [2.05, 4.69) is 4.98 Å². The van der Waals surface area contributed by atoms with Crippen molar-refractivity contribution in [1.82, 2.24) is 4.98 Å². The molecule has 0 unspecified atom stereocenters. The summed E-state index contributed by atoms with van der Waals surface area (Å²) >= 11 is 0. The van der Waals surface area contributed by atoms with Crippen molar-refractivity contribution in [1.29, 1.82) is 0 Å². The van der Waals surface area contributed by atoms with Crippen molar-refractivity contribution in [2.75, 3.05) is 7.11 Å². The van der Waals surface area contributed by atoms with Crippen LogP contribution in [0.5, 0.6) is 0 Å². The largest absolute Gasteiger partial charge is 0.459 e. The number of hydrogen-bond donors (Lipinski definition) is 0. The molecule has 76 valence electrons. The number of rotatable bonds is 4. The monoisotopic (exact) mass is 195 g/mol. The van der Waals surface area contributed by atoms with Crippen LogP contribution >= 0.6 is 0 Å². The van der Waals surface area contributed by atoms with Crippen molar-refractivity contribution in [3.63, 3.8) is 0 Å². The Kier molecular flexibility index (Phi) is 4.07. The number of esters is 1. The quantitative estimate of drug-likeness (QED) is 0.679. The van der Waals surface area contributed by atoms with E-state index >= 15 is 0 Å². The Morgan fingerprint density at radius 3 is 2.71 bits per heavy atom. The van der Waals surface area contributed by atoms with Gasteiger partial charge in [-0.1, -0.05) is 6.07 Å². The number of methoxy groups -OCH3 is 1. The first kappa shape index (κ1) is 10.7. The molecule has 0 aromatic carbocycles. The van der Waals surface area contributed by atoms with Crippen LogP contribution in [0.3, 0.4) is 0 Å². The van der Waals surface area contributed by atoms with Crippen molar-refractivity contribution < 1.29 is 14.3 Å². The zero-order chi connectivity index (χ0) is 10.4. The van der Waals surface area contributed by atoms with Gasteiger partial charge in [-0.2, -0.15) is 0 Å². The Morgan fingerprint density at radius 1 is 1.43 bits per heavy atom. The smallest absolute Gasteiger partial charge is 0.303 e. The summed E-state index contributed by atoms with van der Waals surface area (Å²) in [7, 11) is 1.63. The lowest BCUT2D eigenvalue weighted by atomic mass is 10.2. The highest BCUT2D eigenvalue weighted by Crippen LogP contribution is 2.02. The molecule has 0 saturated carbocycles. The van der Waals surface area contributed by atoms with Gasteiger partial charge in [-0.3, -0.25) is 9.78 Å². The fraction of sp³-hybridized carbons (Fsp3) is 0.400. The van der Waals surface area contributed by atoms with Crippen molar-refractivity contribution in [2.24, 2.45) is 0 Å². The minimum absolute atomic E-state index is 0.225. The van der Waals surface area contributed by atoms with E-state index in [1.54, 1.807) is 13.3 Å². The van der Waals surface area contributed by atoms with Gasteiger partial charge in [-0.05, 0) is 11.6 Å². The Balaban J connectivity index is 2.50. The summed E-state index contributed by atoms with van der Waals surface area (Å²) in [5, 5.41) is 0. The zero-order valence-corrected chi connectivity index (χ0v) is 8.32. The lowest BCUT2D eigenvalue weighted by Crippen LogP contribution is -2.01. The average Bonchev–Trinajstić information content (AvgIpc) is 2.17. The minimum atomic E-state index is -0.298. The van der Waals surface area contributed by atoms with E-state index < -0.39 is 0 Å². The van der Waals surface area contributed by atoms with Gasteiger partial charge in [0.2, 0.25) is 0 Å². The van der Waals surface area contributed by atoms with Gasteiger partial charge in [0.1, 0.15) is 6.61 Å². The highest BCUT2D eigenvalue weighted by atomic mass is 16.5. The number of carbonyl (C=O) groups excluding carboxylic acids is 1. The summed E-state index contributed by atoms with van der Waals surface area (Å²) in [6.45, 7) is 2.14. The molecule has 0 aliphatic rings. The maximum Gasteiger partial charge on any atom is 0.303 e. The molecular formula is C10H13NO3. The number of carbonyl (C=O) groups is 1. The molecule has 0 radical (unpaired) electrons. The first-order chi connectivity index (χ1) is 6.72. The topological polar surface area (TPSA) is 48.4 Å². The second-order valence-electron chi connectivity index (χ2n) is 2.87. The third-order valence-corrected chi connectivity index (χ3v) is 1.62. The first-order valence-corrected chi connectivity index (χ1v) is 4.28. The lowest BCUT2D eigenvalue weighted by Gasteiger charge is -2.02. The van der Waals surface area contributed by atoms with Crippen LogP contribution in [0.1, 0.15) is 18.2 Å². The molecule has 4 heteroatoms. The van der Waals surface area contributed by atoms with Gasteiger partial charge in [0, 0.05) is 20.2 Å². The Morgan fingerprint density at radius 2 is 2.21 bits per heavy atom. The predicted octanol–water partition coefficient (Wildman–Crippen LogP) is 1.29. The van der Waals surface area contributed by atoms with E-state index in [-0.39, 0.29) is 12.6 Å². The fourth-order valence-corrected chi connectivity index (χ4v) is 0.968. The van der Waals surface area contributed by atoms with Gasteiger partial charge < -0.3 is 9.47 Å². The fourth-order valence-electron chi connectivity index (χ4n) is 0.968. The molecule has 1 aromatic rings. The van der Waals surface area contributed by atoms with Gasteiger partial charge in [0.25, 0.3) is 0 Å². The van der Waals surface area contributed by atoms with E-state index in [0.29, 0.717) is 6.61 Å². The van der Waals surface area contributed by atoms with Gasteiger partial charge >= 0.3 is 5.97 Å². The summed E-state index contributed by atoms with van der Waals surface area (Å²) in [4.78, 5) is 14.6. The summed E-state index contributed by atoms with van der Waals surface area (Å²) in [6.07, 6.45) is 1.71. The van der Waals surface area contributed by atoms with E-state index in [1.807, 2.05) is 12.1 Å². The maximum atomic E-state index is 10.5. The number of aromatic nitrogens is 1. The molecule has 4 nitrogen and oxygen atoms in total. The summed E-state index contributed by atoms with van der Waals surface area (Å²) in [5.74, 6) is -0.298. The zero-order valence-electron chi connectivity index (χ0n) is 8.32. The second-order valence-corrected chi connectivity index (χ2v) is 2.87. The van der Waals surface area contributed by atoms with E-state index in [0.717, 1.165) is 11.3 Å². The maximum absolute atomic E-state index is 10.5. The van der Waals surface area contributed by atoms with Crippen LogP contribution in [0.2, 0.25) is 0 Å². The lowest BCUT2D eigenvalue weighted by molar-refractivity contribution is -0.142. The van der Waals surface area contributed by atoms with Crippen LogP contribution in [-0.2, 0) is 27.5 Å². The van der Waals surface area contributed by atoms with Crippen LogP contribution in [-0.4, -0.2) is 18.1 Å². The van der Waals surface area contributed by atoms with Gasteiger partial charge in [-0.15, -0.1) is 0 Å². The van der Waals surface area contributed by atoms with Crippen molar-refractivity contribution in [2.45, 2.75) is 20.1 Å². The standard InChI is InChI=1S/C10H13NO3/c1-8(12)14-7-10-4-3-9(5-11-10)6-13-2/h3-5H,6-7H2,1-2H3. The van der Waals surface area contributed by atoms with Gasteiger partial charge in [0.05, 0.1) is 12.3 Å². The third-order valence-electron chi connectivity index (χ3n) is 1.62. The van der Waals surface area contributed by atoms with Crippen molar-refractivity contribution >= 4 is 5.97 Å². The van der Waals surface area contributed by atoms with Crippen molar-refractivity contribution in [3.05, 3.63) is 29.6 Å². The van der Waals surface area contributed by atoms with E-state index in [4.69, 9.17) is 9.47 Å².